The van der Waals surface area contributed by atoms with Crippen LogP contribution in [-0.2, 0) is 4.74 Å². The average Bonchev–Trinajstić information content (AvgIpc) is 2.38. The average molecular weight is 275 g/mol. The summed E-state index contributed by atoms with van der Waals surface area (Å²) in [6.45, 7) is 11.7. The van der Waals surface area contributed by atoms with Gasteiger partial charge in [-0.1, -0.05) is 36.4 Å². The van der Waals surface area contributed by atoms with Gasteiger partial charge in [0, 0.05) is 18.5 Å². The van der Waals surface area contributed by atoms with Crippen molar-refractivity contribution in [2.45, 2.75) is 52.3 Å². The van der Waals surface area contributed by atoms with Crippen LogP contribution in [-0.4, -0.2) is 23.1 Å². The molecule has 0 bridgehead atoms. The second kappa shape index (κ2) is 7.73. The largest absolute Gasteiger partial charge is 0.441 e. The summed E-state index contributed by atoms with van der Waals surface area (Å²) >= 11 is 0. The Hall–Kier alpha value is -1.77. The zero-order valence-electron chi connectivity index (χ0n) is 12.9. The lowest BCUT2D eigenvalue weighted by Crippen LogP contribution is -2.42. The fraction of sp³-hybridized carbons (Fsp3) is 0.471. The lowest BCUT2D eigenvalue weighted by Gasteiger charge is -2.31. The summed E-state index contributed by atoms with van der Waals surface area (Å²) in [5.74, 6) is 0. The van der Waals surface area contributed by atoms with Crippen LogP contribution in [0.5, 0.6) is 0 Å². The van der Waals surface area contributed by atoms with Gasteiger partial charge in [0.15, 0.2) is 0 Å². The van der Waals surface area contributed by atoms with Crippen molar-refractivity contribution in [3.05, 3.63) is 48.6 Å². The molecule has 1 aromatic carbocycles. The summed E-state index contributed by atoms with van der Waals surface area (Å²) in [6.07, 6.45) is 1.84. The van der Waals surface area contributed by atoms with Crippen molar-refractivity contribution in [2.75, 3.05) is 0 Å². The van der Waals surface area contributed by atoms with Gasteiger partial charge in [0.2, 0.25) is 0 Å². The van der Waals surface area contributed by atoms with Crippen molar-refractivity contribution < 1.29 is 9.53 Å². The predicted octanol–water partition coefficient (Wildman–Crippen LogP) is 4.56. The second-order valence-electron chi connectivity index (χ2n) is 5.40. The Balaban J connectivity index is 2.85. The van der Waals surface area contributed by atoms with E-state index < -0.39 is 0 Å². The van der Waals surface area contributed by atoms with Crippen LogP contribution in [0.3, 0.4) is 0 Å². The summed E-state index contributed by atoms with van der Waals surface area (Å²) < 4.78 is 5.68. The highest BCUT2D eigenvalue weighted by Crippen LogP contribution is 2.23. The predicted molar refractivity (Wildman–Crippen MR) is 82.6 cm³/mol. The van der Waals surface area contributed by atoms with E-state index in [-0.39, 0.29) is 24.3 Å². The van der Waals surface area contributed by atoms with Crippen LogP contribution in [0.2, 0.25) is 0 Å². The number of hydrogen-bond donors (Lipinski definition) is 0. The number of rotatable bonds is 6. The molecule has 0 radical (unpaired) electrons. The Morgan fingerprint density at radius 3 is 2.20 bits per heavy atom. The zero-order chi connectivity index (χ0) is 15.1. The van der Waals surface area contributed by atoms with Gasteiger partial charge < -0.3 is 9.64 Å². The molecule has 20 heavy (non-hydrogen) atoms. The molecule has 1 amide bonds. The standard InChI is InChI=1S/C17H25NO2/c1-6-10-16(15-11-8-7-9-12-15)20-17(19)18(13(2)3)14(4)5/h6-9,11-14,16H,1,10H2,2-5H3/t16-/m0/s1. The number of carbonyl (C=O) groups is 1. The van der Waals surface area contributed by atoms with Gasteiger partial charge in [0.1, 0.15) is 6.10 Å². The van der Waals surface area contributed by atoms with Crippen LogP contribution in [0, 0.1) is 0 Å². The first kappa shape index (κ1) is 16.3. The molecular weight excluding hydrogens is 250 g/mol. The third-order valence-electron chi connectivity index (χ3n) is 3.12. The Morgan fingerprint density at radius 2 is 1.75 bits per heavy atom. The number of ether oxygens (including phenoxy) is 1. The number of carbonyl (C=O) groups excluding carboxylic acids is 1. The highest BCUT2D eigenvalue weighted by atomic mass is 16.6. The van der Waals surface area contributed by atoms with Crippen molar-refractivity contribution in [2.24, 2.45) is 0 Å². The monoisotopic (exact) mass is 275 g/mol. The molecule has 0 saturated heterocycles. The van der Waals surface area contributed by atoms with E-state index in [4.69, 9.17) is 4.74 Å². The van der Waals surface area contributed by atoms with Crippen LogP contribution in [0.4, 0.5) is 4.79 Å². The minimum Gasteiger partial charge on any atom is -0.441 e. The van der Waals surface area contributed by atoms with Gasteiger partial charge >= 0.3 is 6.09 Å². The fourth-order valence-electron chi connectivity index (χ4n) is 2.27. The molecule has 0 aliphatic carbocycles. The molecule has 1 aromatic rings. The molecule has 1 atom stereocenters. The maximum Gasteiger partial charge on any atom is 0.410 e. The van der Waals surface area contributed by atoms with Crippen LogP contribution >= 0.6 is 0 Å². The number of benzene rings is 1. The van der Waals surface area contributed by atoms with Crippen molar-refractivity contribution in [1.82, 2.24) is 4.90 Å². The molecule has 0 heterocycles. The van der Waals surface area contributed by atoms with Crippen LogP contribution in [0.15, 0.2) is 43.0 Å². The van der Waals surface area contributed by atoms with Gasteiger partial charge in [-0.05, 0) is 33.3 Å². The minimum absolute atomic E-state index is 0.114. The van der Waals surface area contributed by atoms with Crippen molar-refractivity contribution in [1.29, 1.82) is 0 Å². The van der Waals surface area contributed by atoms with E-state index in [1.54, 1.807) is 11.0 Å². The fourth-order valence-corrected chi connectivity index (χ4v) is 2.27. The van der Waals surface area contributed by atoms with Crippen LogP contribution in [0.25, 0.3) is 0 Å². The topological polar surface area (TPSA) is 29.5 Å². The number of amides is 1. The summed E-state index contributed by atoms with van der Waals surface area (Å²) in [7, 11) is 0. The normalized spacial score (nSPS) is 12.3. The van der Waals surface area contributed by atoms with Gasteiger partial charge in [0.05, 0.1) is 0 Å². The van der Waals surface area contributed by atoms with E-state index in [2.05, 4.69) is 6.58 Å². The Morgan fingerprint density at radius 1 is 1.20 bits per heavy atom. The van der Waals surface area contributed by atoms with Crippen LogP contribution < -0.4 is 0 Å². The Kier molecular flexibility index (Phi) is 6.29. The van der Waals surface area contributed by atoms with Crippen molar-refractivity contribution in [3.63, 3.8) is 0 Å². The van der Waals surface area contributed by atoms with E-state index in [1.165, 1.54) is 0 Å². The molecular formula is C17H25NO2. The SMILES string of the molecule is C=CC[C@H](OC(=O)N(C(C)C)C(C)C)c1ccccc1. The molecule has 0 unspecified atom stereocenters. The smallest absolute Gasteiger partial charge is 0.410 e. The minimum atomic E-state index is -0.277. The third kappa shape index (κ3) is 4.41. The Bertz CT molecular complexity index is 418. The van der Waals surface area contributed by atoms with E-state index in [0.29, 0.717) is 6.42 Å². The summed E-state index contributed by atoms with van der Waals surface area (Å²) in [4.78, 5) is 14.1. The van der Waals surface area contributed by atoms with E-state index in [1.807, 2.05) is 58.0 Å². The number of hydrogen-bond acceptors (Lipinski definition) is 2. The van der Waals surface area contributed by atoms with E-state index in [0.717, 1.165) is 5.56 Å². The third-order valence-corrected chi connectivity index (χ3v) is 3.12. The molecule has 0 aromatic heterocycles. The van der Waals surface area contributed by atoms with Gasteiger partial charge in [0.25, 0.3) is 0 Å². The molecule has 0 N–H and O–H groups in total. The maximum atomic E-state index is 12.4. The first-order valence-corrected chi connectivity index (χ1v) is 7.12. The van der Waals surface area contributed by atoms with Crippen molar-refractivity contribution in [3.8, 4) is 0 Å². The first-order valence-electron chi connectivity index (χ1n) is 7.12. The molecule has 3 nitrogen and oxygen atoms in total. The molecule has 0 spiro atoms. The molecule has 1 rings (SSSR count). The molecule has 0 saturated carbocycles. The molecule has 3 heteroatoms. The highest BCUT2D eigenvalue weighted by Gasteiger charge is 2.24. The quantitative estimate of drug-likeness (QED) is 0.712. The molecule has 0 aliphatic heterocycles. The van der Waals surface area contributed by atoms with Gasteiger partial charge in [-0.3, -0.25) is 0 Å². The second-order valence-corrected chi connectivity index (χ2v) is 5.40. The summed E-state index contributed by atoms with van der Waals surface area (Å²) in [5, 5.41) is 0. The Labute approximate surface area is 122 Å². The number of nitrogens with zero attached hydrogens (tertiary/aromatic N) is 1. The van der Waals surface area contributed by atoms with Gasteiger partial charge in [-0.15, -0.1) is 6.58 Å². The molecule has 0 fully saturated rings. The van der Waals surface area contributed by atoms with Crippen molar-refractivity contribution >= 4 is 6.09 Å². The van der Waals surface area contributed by atoms with Gasteiger partial charge in [-0.25, -0.2) is 4.79 Å². The van der Waals surface area contributed by atoms with Crippen LogP contribution in [0.1, 0.15) is 45.8 Å². The molecule has 110 valence electrons. The molecule has 0 aliphatic rings. The zero-order valence-corrected chi connectivity index (χ0v) is 12.9. The van der Waals surface area contributed by atoms with Gasteiger partial charge in [-0.2, -0.15) is 0 Å². The summed E-state index contributed by atoms with van der Waals surface area (Å²) in [5.41, 5.74) is 0.994. The van der Waals surface area contributed by atoms with E-state index in [9.17, 15) is 4.79 Å². The van der Waals surface area contributed by atoms with E-state index >= 15 is 0 Å². The highest BCUT2D eigenvalue weighted by molar-refractivity contribution is 5.68. The maximum absolute atomic E-state index is 12.4. The lowest BCUT2D eigenvalue weighted by atomic mass is 10.1. The first-order chi connectivity index (χ1) is 9.47. The lowest BCUT2D eigenvalue weighted by molar-refractivity contribution is 0.0457. The summed E-state index contributed by atoms with van der Waals surface area (Å²) in [6, 6.07) is 10.0.